The van der Waals surface area contributed by atoms with E-state index in [0.29, 0.717) is 35.6 Å². The second-order valence-electron chi connectivity index (χ2n) is 6.85. The van der Waals surface area contributed by atoms with Gasteiger partial charge in [-0.15, -0.1) is 0 Å². The molecule has 2 aromatic rings. The molecular formula is C15H21N7O2. The van der Waals surface area contributed by atoms with Gasteiger partial charge in [-0.05, 0) is 20.8 Å². The first-order valence-electron chi connectivity index (χ1n) is 7.72. The van der Waals surface area contributed by atoms with Crippen molar-refractivity contribution in [3.8, 4) is 11.3 Å². The van der Waals surface area contributed by atoms with E-state index >= 15 is 0 Å². The van der Waals surface area contributed by atoms with Gasteiger partial charge in [0.25, 0.3) is 5.91 Å². The first-order chi connectivity index (χ1) is 11.3. The van der Waals surface area contributed by atoms with Gasteiger partial charge in [0.05, 0.1) is 30.5 Å². The van der Waals surface area contributed by atoms with Crippen molar-refractivity contribution in [2.24, 2.45) is 5.73 Å². The second kappa shape index (κ2) is 5.66. The van der Waals surface area contributed by atoms with Crippen LogP contribution in [0, 0.1) is 0 Å². The van der Waals surface area contributed by atoms with Crippen molar-refractivity contribution in [1.82, 2.24) is 30.2 Å². The van der Waals surface area contributed by atoms with Crippen molar-refractivity contribution >= 4 is 11.9 Å². The molecule has 1 aliphatic rings. The molecule has 9 heteroatoms. The SMILES string of the molecule is CC(C)(C)NC(=O)N1CCn2nc(-c3cn[nH]c3)c(C(N)=O)c2C1. The molecule has 4 N–H and O–H groups in total. The topological polar surface area (TPSA) is 122 Å². The van der Waals surface area contributed by atoms with Crippen LogP contribution in [0.5, 0.6) is 0 Å². The molecule has 2 aromatic heterocycles. The fraction of sp³-hybridized carbons (Fsp3) is 0.467. The quantitative estimate of drug-likeness (QED) is 0.749. The fourth-order valence-electron chi connectivity index (χ4n) is 2.73. The number of nitrogens with zero attached hydrogens (tertiary/aromatic N) is 4. The Balaban J connectivity index is 1.94. The number of aromatic nitrogens is 4. The maximum Gasteiger partial charge on any atom is 0.318 e. The van der Waals surface area contributed by atoms with Gasteiger partial charge in [0, 0.05) is 23.8 Å². The van der Waals surface area contributed by atoms with Gasteiger partial charge in [0.15, 0.2) is 0 Å². The van der Waals surface area contributed by atoms with Gasteiger partial charge in [0.1, 0.15) is 5.69 Å². The number of fused-ring (bicyclic) bond motifs is 1. The third kappa shape index (κ3) is 2.97. The lowest BCUT2D eigenvalue weighted by atomic mass is 10.1. The molecule has 24 heavy (non-hydrogen) atoms. The lowest BCUT2D eigenvalue weighted by molar-refractivity contribution is 0.0997. The molecular weight excluding hydrogens is 310 g/mol. The van der Waals surface area contributed by atoms with Gasteiger partial charge >= 0.3 is 6.03 Å². The van der Waals surface area contributed by atoms with Crippen LogP contribution in [0.4, 0.5) is 4.79 Å². The van der Waals surface area contributed by atoms with Crippen LogP contribution in [0.25, 0.3) is 11.3 Å². The smallest absolute Gasteiger partial charge is 0.318 e. The monoisotopic (exact) mass is 331 g/mol. The summed E-state index contributed by atoms with van der Waals surface area (Å²) in [6.07, 6.45) is 3.25. The fourth-order valence-corrected chi connectivity index (χ4v) is 2.73. The predicted molar refractivity (Wildman–Crippen MR) is 87.0 cm³/mol. The number of amides is 3. The highest BCUT2D eigenvalue weighted by Crippen LogP contribution is 2.27. The summed E-state index contributed by atoms with van der Waals surface area (Å²) in [6.45, 7) is 7.07. The van der Waals surface area contributed by atoms with E-state index in [1.54, 1.807) is 22.0 Å². The Labute approximate surface area is 139 Å². The van der Waals surface area contributed by atoms with Crippen molar-refractivity contribution in [3.63, 3.8) is 0 Å². The molecule has 128 valence electrons. The highest BCUT2D eigenvalue weighted by molar-refractivity contribution is 6.00. The minimum Gasteiger partial charge on any atom is -0.365 e. The number of hydrogen-bond donors (Lipinski definition) is 3. The average Bonchev–Trinajstić information content (AvgIpc) is 3.11. The van der Waals surface area contributed by atoms with Crippen molar-refractivity contribution in [3.05, 3.63) is 23.7 Å². The van der Waals surface area contributed by atoms with E-state index in [9.17, 15) is 9.59 Å². The zero-order valence-corrected chi connectivity index (χ0v) is 14.0. The zero-order valence-electron chi connectivity index (χ0n) is 14.0. The molecule has 0 fully saturated rings. The molecule has 0 bridgehead atoms. The number of urea groups is 1. The molecule has 0 radical (unpaired) electrons. The van der Waals surface area contributed by atoms with Crippen LogP contribution in [0.3, 0.4) is 0 Å². The maximum absolute atomic E-state index is 12.4. The lowest BCUT2D eigenvalue weighted by Gasteiger charge is -2.31. The number of hydrogen-bond acceptors (Lipinski definition) is 4. The Kier molecular flexibility index (Phi) is 3.78. The first kappa shape index (κ1) is 16.0. The number of carbonyl (C=O) groups excluding carboxylic acids is 2. The number of H-pyrrole nitrogens is 1. The molecule has 0 aliphatic carbocycles. The Morgan fingerprint density at radius 1 is 1.33 bits per heavy atom. The minimum atomic E-state index is -0.564. The molecule has 0 saturated heterocycles. The van der Waals surface area contributed by atoms with Crippen LogP contribution in [-0.2, 0) is 13.1 Å². The standard InChI is InChI=1S/C15H21N7O2/c1-15(2,3)19-14(24)21-4-5-22-10(8-21)11(13(16)23)12(20-22)9-6-17-18-7-9/h6-7H,4-5,8H2,1-3H3,(H2,16,23)(H,17,18)(H,19,24). The van der Waals surface area contributed by atoms with E-state index < -0.39 is 5.91 Å². The van der Waals surface area contributed by atoms with Crippen molar-refractivity contribution in [2.45, 2.75) is 39.4 Å². The van der Waals surface area contributed by atoms with Gasteiger partial charge in [0.2, 0.25) is 0 Å². The van der Waals surface area contributed by atoms with Crippen molar-refractivity contribution < 1.29 is 9.59 Å². The molecule has 3 amide bonds. The van der Waals surface area contributed by atoms with Crippen molar-refractivity contribution in [2.75, 3.05) is 6.54 Å². The van der Waals surface area contributed by atoms with Gasteiger partial charge < -0.3 is 16.0 Å². The van der Waals surface area contributed by atoms with Gasteiger partial charge in [-0.25, -0.2) is 4.79 Å². The van der Waals surface area contributed by atoms with Crippen LogP contribution >= 0.6 is 0 Å². The summed E-state index contributed by atoms with van der Waals surface area (Å²) in [5, 5.41) is 14.0. The Morgan fingerprint density at radius 3 is 2.67 bits per heavy atom. The van der Waals surface area contributed by atoms with Crippen LogP contribution < -0.4 is 11.1 Å². The van der Waals surface area contributed by atoms with E-state index in [1.165, 1.54) is 0 Å². The van der Waals surface area contributed by atoms with Gasteiger partial charge in [-0.3, -0.25) is 14.6 Å². The van der Waals surface area contributed by atoms with Crippen LogP contribution in [0.15, 0.2) is 12.4 Å². The Bertz CT molecular complexity index is 771. The summed E-state index contributed by atoms with van der Waals surface area (Å²) in [5.74, 6) is -0.564. The highest BCUT2D eigenvalue weighted by Gasteiger charge is 2.30. The molecule has 0 atom stereocenters. The summed E-state index contributed by atoms with van der Waals surface area (Å²) in [5.41, 5.74) is 7.41. The summed E-state index contributed by atoms with van der Waals surface area (Å²) in [7, 11) is 0. The summed E-state index contributed by atoms with van der Waals surface area (Å²) in [6, 6.07) is -0.171. The molecule has 0 spiro atoms. The van der Waals surface area contributed by atoms with Crippen molar-refractivity contribution in [1.29, 1.82) is 0 Å². The first-order valence-corrected chi connectivity index (χ1v) is 7.72. The summed E-state index contributed by atoms with van der Waals surface area (Å²) >= 11 is 0. The third-order valence-electron chi connectivity index (χ3n) is 3.77. The van der Waals surface area contributed by atoms with Gasteiger partial charge in [-0.2, -0.15) is 10.2 Å². The molecule has 3 rings (SSSR count). The highest BCUT2D eigenvalue weighted by atomic mass is 16.2. The summed E-state index contributed by atoms with van der Waals surface area (Å²) < 4.78 is 1.74. The van der Waals surface area contributed by atoms with E-state index in [2.05, 4.69) is 20.6 Å². The molecule has 0 saturated carbocycles. The van der Waals surface area contributed by atoms with Crippen LogP contribution in [-0.4, -0.2) is 48.9 Å². The number of primary amides is 1. The van der Waals surface area contributed by atoms with Crippen LogP contribution in [0.2, 0.25) is 0 Å². The van der Waals surface area contributed by atoms with Crippen LogP contribution in [0.1, 0.15) is 36.8 Å². The number of rotatable bonds is 2. The van der Waals surface area contributed by atoms with E-state index in [4.69, 9.17) is 5.73 Å². The number of nitrogens with two attached hydrogens (primary N) is 1. The molecule has 9 nitrogen and oxygen atoms in total. The van der Waals surface area contributed by atoms with E-state index in [-0.39, 0.29) is 18.1 Å². The average molecular weight is 331 g/mol. The minimum absolute atomic E-state index is 0.171. The largest absolute Gasteiger partial charge is 0.365 e. The van der Waals surface area contributed by atoms with E-state index in [1.807, 2.05) is 20.8 Å². The lowest BCUT2D eigenvalue weighted by Crippen LogP contribution is -2.50. The Morgan fingerprint density at radius 2 is 2.08 bits per heavy atom. The third-order valence-corrected chi connectivity index (χ3v) is 3.77. The zero-order chi connectivity index (χ0) is 17.5. The Hall–Kier alpha value is -2.84. The number of aromatic amines is 1. The van der Waals surface area contributed by atoms with E-state index in [0.717, 1.165) is 0 Å². The maximum atomic E-state index is 12.4. The molecule has 0 aromatic carbocycles. The summed E-state index contributed by atoms with van der Waals surface area (Å²) in [4.78, 5) is 26.0. The molecule has 3 heterocycles. The number of nitrogens with one attached hydrogen (secondary N) is 2. The number of carbonyl (C=O) groups is 2. The normalized spacial score (nSPS) is 14.4. The molecule has 1 aliphatic heterocycles. The molecule has 0 unspecified atom stereocenters. The van der Waals surface area contributed by atoms with Gasteiger partial charge in [-0.1, -0.05) is 0 Å². The second-order valence-corrected chi connectivity index (χ2v) is 6.85. The predicted octanol–water partition coefficient (Wildman–Crippen LogP) is 0.696.